The van der Waals surface area contributed by atoms with Gasteiger partial charge in [0.25, 0.3) is 0 Å². The molecule has 4 bridgehead atoms. The normalized spacial score (nSPS) is 22.2. The summed E-state index contributed by atoms with van der Waals surface area (Å²) in [5.74, 6) is 1.23. The van der Waals surface area contributed by atoms with Crippen molar-refractivity contribution in [2.75, 3.05) is 38.7 Å². The number of carbonyl (C=O) groups excluding carboxylic acids is 1. The van der Waals surface area contributed by atoms with Crippen LogP contribution in [0, 0.1) is 0 Å². The Hall–Kier alpha value is -3.26. The molecule has 1 unspecified atom stereocenters. The molecular formula is C24H32N4O4. The van der Waals surface area contributed by atoms with Crippen molar-refractivity contribution >= 4 is 23.6 Å². The van der Waals surface area contributed by atoms with E-state index >= 15 is 0 Å². The minimum Gasteiger partial charge on any atom is -0.508 e. The second-order valence-corrected chi connectivity index (χ2v) is 7.82. The molecule has 0 aliphatic carbocycles. The molecule has 1 aromatic rings. The van der Waals surface area contributed by atoms with Crippen molar-refractivity contribution in [3.05, 3.63) is 54.5 Å². The lowest BCUT2D eigenvalue weighted by molar-refractivity contribution is -0.121. The van der Waals surface area contributed by atoms with Crippen LogP contribution >= 0.6 is 0 Å². The van der Waals surface area contributed by atoms with Gasteiger partial charge >= 0.3 is 0 Å². The minimum atomic E-state index is -0.180. The highest BCUT2D eigenvalue weighted by molar-refractivity contribution is 5.91. The number of fused-ring (bicyclic) bond motifs is 3. The summed E-state index contributed by atoms with van der Waals surface area (Å²) in [6, 6.07) is 5.08. The van der Waals surface area contributed by atoms with Gasteiger partial charge in [-0.1, -0.05) is 12.7 Å². The van der Waals surface area contributed by atoms with Crippen LogP contribution in [0.15, 0.2) is 53.9 Å². The predicted octanol–water partition coefficient (Wildman–Crippen LogP) is 3.19. The summed E-state index contributed by atoms with van der Waals surface area (Å²) in [6.07, 6.45) is 6.85. The van der Waals surface area contributed by atoms with Crippen LogP contribution in [0.2, 0.25) is 0 Å². The fourth-order valence-electron chi connectivity index (χ4n) is 3.87. The Morgan fingerprint density at radius 1 is 1.44 bits per heavy atom. The number of allylic oxidation sites excluding steroid dienone is 2. The van der Waals surface area contributed by atoms with Crippen molar-refractivity contribution in [2.45, 2.75) is 32.4 Å². The summed E-state index contributed by atoms with van der Waals surface area (Å²) >= 11 is 0. The number of phenolic OH excluding ortho intramolecular Hbond substituents is 1. The van der Waals surface area contributed by atoms with Crippen LogP contribution in [-0.4, -0.2) is 72.7 Å². The molecule has 8 heteroatoms. The van der Waals surface area contributed by atoms with Gasteiger partial charge in [0.15, 0.2) is 0 Å². The van der Waals surface area contributed by atoms with Crippen molar-refractivity contribution in [3.63, 3.8) is 0 Å². The van der Waals surface area contributed by atoms with E-state index in [9.17, 15) is 9.90 Å². The lowest BCUT2D eigenvalue weighted by atomic mass is 10.0. The van der Waals surface area contributed by atoms with Crippen molar-refractivity contribution in [3.8, 4) is 5.75 Å². The number of anilines is 1. The fraction of sp³-hybridized carbons (Fsp3) is 0.417. The first-order chi connectivity index (χ1) is 15.4. The van der Waals surface area contributed by atoms with Crippen molar-refractivity contribution in [1.29, 1.82) is 0 Å². The van der Waals surface area contributed by atoms with E-state index < -0.39 is 0 Å². The van der Waals surface area contributed by atoms with Crippen LogP contribution in [-0.2, 0) is 14.3 Å². The molecule has 3 rings (SSSR count). The van der Waals surface area contributed by atoms with E-state index in [2.05, 4.69) is 16.9 Å². The summed E-state index contributed by atoms with van der Waals surface area (Å²) in [4.78, 5) is 20.2. The summed E-state index contributed by atoms with van der Waals surface area (Å²) < 4.78 is 11.7. The number of nitrogens with one attached hydrogen (secondary N) is 1. The number of ether oxygens (including phenoxy) is 2. The number of carbonyl (C=O) groups is 1. The van der Waals surface area contributed by atoms with Gasteiger partial charge in [0.1, 0.15) is 18.2 Å². The number of aliphatic imine (C=N–C) groups is 1. The van der Waals surface area contributed by atoms with Crippen LogP contribution < -0.4 is 5.32 Å². The first-order valence-electron chi connectivity index (χ1n) is 10.8. The highest BCUT2D eigenvalue weighted by Gasteiger charge is 2.23. The lowest BCUT2D eigenvalue weighted by Crippen LogP contribution is -2.43. The molecule has 8 nitrogen and oxygen atoms in total. The Morgan fingerprint density at radius 3 is 2.97 bits per heavy atom. The molecule has 2 aliphatic rings. The van der Waals surface area contributed by atoms with Gasteiger partial charge in [0.05, 0.1) is 12.1 Å². The fourth-order valence-corrected chi connectivity index (χ4v) is 3.87. The molecule has 1 aromatic carbocycles. The Morgan fingerprint density at radius 2 is 2.25 bits per heavy atom. The SMILES string of the molecule is C=C/C1=C2/N=C(C=CN2C)OCC(C[C@H](C)OCC)N(C=O)CCNc2cc(O)cc1c2. The Labute approximate surface area is 189 Å². The number of amides is 1. The summed E-state index contributed by atoms with van der Waals surface area (Å²) in [5, 5.41) is 13.6. The lowest BCUT2D eigenvalue weighted by Gasteiger charge is -2.31. The van der Waals surface area contributed by atoms with Gasteiger partial charge in [0, 0.05) is 56.3 Å². The molecule has 2 heterocycles. The van der Waals surface area contributed by atoms with Gasteiger partial charge in [-0.15, -0.1) is 0 Å². The zero-order valence-corrected chi connectivity index (χ0v) is 19.0. The van der Waals surface area contributed by atoms with E-state index in [1.807, 2.05) is 38.1 Å². The number of hydrogen-bond donors (Lipinski definition) is 2. The van der Waals surface area contributed by atoms with E-state index in [0.29, 0.717) is 44.4 Å². The summed E-state index contributed by atoms with van der Waals surface area (Å²) in [6.45, 7) is 9.80. The van der Waals surface area contributed by atoms with Gasteiger partial charge in [-0.2, -0.15) is 4.99 Å². The molecule has 0 saturated carbocycles. The first kappa shape index (κ1) is 23.4. The molecule has 0 aromatic heterocycles. The van der Waals surface area contributed by atoms with Crippen LogP contribution in [0.25, 0.3) is 5.57 Å². The average molecular weight is 441 g/mol. The zero-order chi connectivity index (χ0) is 23.1. The first-order valence-corrected chi connectivity index (χ1v) is 10.8. The van der Waals surface area contributed by atoms with Gasteiger partial charge in [-0.25, -0.2) is 0 Å². The maximum atomic E-state index is 11.9. The number of phenols is 1. The molecule has 32 heavy (non-hydrogen) atoms. The number of aromatic hydroxyl groups is 1. The third-order valence-electron chi connectivity index (χ3n) is 5.45. The van der Waals surface area contributed by atoms with E-state index in [1.165, 1.54) is 0 Å². The molecular weight excluding hydrogens is 408 g/mol. The van der Waals surface area contributed by atoms with Crippen LogP contribution in [0.3, 0.4) is 0 Å². The molecule has 0 saturated heterocycles. The maximum Gasteiger partial charge on any atom is 0.216 e. The predicted molar refractivity (Wildman–Crippen MR) is 126 cm³/mol. The standard InChI is InChI=1S/C24H32N4O4/c1-5-22-18-12-19(14-21(30)13-18)25-8-10-28(16-29)20(11-17(3)31-6-2)15-32-23-7-9-27(4)24(22)26-23/h5,7,9,12-14,16-17,20,25,30H,1,6,8,10-11,15H2,2-4H3/b24-22+/t17-,20?/m0/s1. The number of rotatable bonds is 6. The van der Waals surface area contributed by atoms with Crippen molar-refractivity contribution < 1.29 is 19.4 Å². The number of nitrogens with zero attached hydrogens (tertiary/aromatic N) is 3. The highest BCUT2D eigenvalue weighted by atomic mass is 16.5. The van der Waals surface area contributed by atoms with Crippen molar-refractivity contribution in [1.82, 2.24) is 9.80 Å². The topological polar surface area (TPSA) is 86.6 Å². The van der Waals surface area contributed by atoms with E-state index in [4.69, 9.17) is 9.47 Å². The molecule has 2 aliphatic heterocycles. The van der Waals surface area contributed by atoms with Crippen LogP contribution in [0.4, 0.5) is 5.69 Å². The summed E-state index contributed by atoms with van der Waals surface area (Å²) in [7, 11) is 1.89. The molecule has 2 atom stereocenters. The monoisotopic (exact) mass is 440 g/mol. The third-order valence-corrected chi connectivity index (χ3v) is 5.45. The largest absolute Gasteiger partial charge is 0.508 e. The highest BCUT2D eigenvalue weighted by Crippen LogP contribution is 2.30. The molecule has 2 N–H and O–H groups in total. The van der Waals surface area contributed by atoms with Crippen LogP contribution in [0.5, 0.6) is 5.75 Å². The van der Waals surface area contributed by atoms with Gasteiger partial charge in [0.2, 0.25) is 12.3 Å². The van der Waals surface area contributed by atoms with Crippen LogP contribution in [0.1, 0.15) is 25.8 Å². The second kappa shape index (κ2) is 10.9. The minimum absolute atomic E-state index is 0.0192. The Bertz CT molecular complexity index is 925. The summed E-state index contributed by atoms with van der Waals surface area (Å²) in [5.41, 5.74) is 2.29. The van der Waals surface area contributed by atoms with E-state index in [-0.39, 0.29) is 17.9 Å². The molecule has 1 amide bonds. The molecule has 172 valence electrons. The Balaban J connectivity index is 2.01. The Kier molecular flexibility index (Phi) is 7.94. The smallest absolute Gasteiger partial charge is 0.216 e. The molecule has 0 radical (unpaired) electrons. The van der Waals surface area contributed by atoms with Gasteiger partial charge in [-0.05, 0) is 38.0 Å². The van der Waals surface area contributed by atoms with Gasteiger partial charge in [-0.3, -0.25) is 4.79 Å². The maximum absolute atomic E-state index is 11.9. The molecule has 0 fully saturated rings. The molecule has 0 spiro atoms. The third kappa shape index (κ3) is 5.70. The average Bonchev–Trinajstić information content (AvgIpc) is 2.76. The van der Waals surface area contributed by atoms with E-state index in [1.54, 1.807) is 29.2 Å². The van der Waals surface area contributed by atoms with E-state index in [0.717, 1.165) is 23.2 Å². The quantitative estimate of drug-likeness (QED) is 0.661. The van der Waals surface area contributed by atoms with Crippen molar-refractivity contribution in [2.24, 2.45) is 4.99 Å². The second-order valence-electron chi connectivity index (χ2n) is 7.82. The number of benzene rings is 1. The van der Waals surface area contributed by atoms with Gasteiger partial charge < -0.3 is 29.7 Å². The number of hydrogen-bond acceptors (Lipinski definition) is 7. The zero-order valence-electron chi connectivity index (χ0n) is 19.0.